The molecule has 0 fully saturated rings. The second-order valence-corrected chi connectivity index (χ2v) is 7.16. The number of rotatable bonds is 6. The van der Waals surface area contributed by atoms with E-state index in [4.69, 9.17) is 5.73 Å². The first kappa shape index (κ1) is 20.1. The van der Waals surface area contributed by atoms with E-state index in [0.29, 0.717) is 11.3 Å². The fourth-order valence-electron chi connectivity index (χ4n) is 3.29. The quantitative estimate of drug-likeness (QED) is 0.628. The maximum absolute atomic E-state index is 12.3. The van der Waals surface area contributed by atoms with Crippen LogP contribution in [0, 0.1) is 13.8 Å². The van der Waals surface area contributed by atoms with Gasteiger partial charge in [-0.1, -0.05) is 6.07 Å². The van der Waals surface area contributed by atoms with Gasteiger partial charge in [0.15, 0.2) is 0 Å². The Hall–Kier alpha value is -3.61. The molecule has 0 unspecified atom stereocenters. The third kappa shape index (κ3) is 4.29. The van der Waals surface area contributed by atoms with E-state index in [-0.39, 0.29) is 11.9 Å². The van der Waals surface area contributed by atoms with Gasteiger partial charge in [-0.2, -0.15) is 5.10 Å². The van der Waals surface area contributed by atoms with Crippen LogP contribution in [0.5, 0.6) is 0 Å². The summed E-state index contributed by atoms with van der Waals surface area (Å²) < 4.78 is 4.09. The van der Waals surface area contributed by atoms with Crippen LogP contribution in [0.15, 0.2) is 48.7 Å². The molecule has 0 aliphatic rings. The molecule has 1 aromatic carbocycles. The van der Waals surface area contributed by atoms with E-state index in [0.717, 1.165) is 22.8 Å². The summed E-state index contributed by atoms with van der Waals surface area (Å²) in [5, 5.41) is 7.15. The summed E-state index contributed by atoms with van der Waals surface area (Å²) in [6.07, 6.45) is 5.04. The number of nitrogens with two attached hydrogens (primary N) is 1. The van der Waals surface area contributed by atoms with Crippen LogP contribution in [-0.4, -0.2) is 26.2 Å². The molecule has 0 bridgehead atoms. The summed E-state index contributed by atoms with van der Waals surface area (Å²) in [5.41, 5.74) is 9.15. The zero-order valence-corrected chi connectivity index (χ0v) is 17.0. The topological polar surface area (TPSA) is 94.9 Å². The van der Waals surface area contributed by atoms with Gasteiger partial charge < -0.3 is 15.6 Å². The van der Waals surface area contributed by atoms with Crippen molar-refractivity contribution in [3.63, 3.8) is 0 Å². The number of hydrogen-bond acceptors (Lipinski definition) is 3. The van der Waals surface area contributed by atoms with E-state index in [2.05, 4.69) is 28.8 Å². The minimum Gasteiger partial charge on any atom is -0.366 e. The standard InChI is InChI=1S/C22H25N5O2/c1-14(2)27-21(10-11-24-27)26-15(3)12-17(16(26)4)8-9-20(28)25-19-7-5-6-18(13-19)22(23)29/h5-14H,1-4H3,(H2,23,29)(H,25,28). The molecule has 0 radical (unpaired) electrons. The molecule has 3 aromatic rings. The van der Waals surface area contributed by atoms with Crippen molar-refractivity contribution in [3.05, 3.63) is 71.2 Å². The molecular formula is C22H25N5O2. The van der Waals surface area contributed by atoms with Gasteiger partial charge in [-0.25, -0.2) is 4.68 Å². The third-order valence-corrected chi connectivity index (χ3v) is 4.67. The first-order valence-corrected chi connectivity index (χ1v) is 9.39. The number of primary amides is 1. The minimum absolute atomic E-state index is 0.238. The van der Waals surface area contributed by atoms with Crippen LogP contribution in [0.1, 0.15) is 47.2 Å². The second kappa shape index (κ2) is 8.18. The Bertz CT molecular complexity index is 1090. The number of benzene rings is 1. The van der Waals surface area contributed by atoms with Gasteiger partial charge >= 0.3 is 0 Å². The molecule has 2 aromatic heterocycles. The molecule has 0 atom stereocenters. The number of nitrogens with one attached hydrogen (secondary N) is 1. The third-order valence-electron chi connectivity index (χ3n) is 4.67. The van der Waals surface area contributed by atoms with Gasteiger partial charge in [0.2, 0.25) is 11.8 Å². The van der Waals surface area contributed by atoms with Gasteiger partial charge in [-0.05, 0) is 63.6 Å². The van der Waals surface area contributed by atoms with E-state index >= 15 is 0 Å². The fraction of sp³-hybridized carbons (Fsp3) is 0.227. The van der Waals surface area contributed by atoms with Crippen molar-refractivity contribution in [1.29, 1.82) is 0 Å². The van der Waals surface area contributed by atoms with Crippen molar-refractivity contribution in [2.45, 2.75) is 33.7 Å². The van der Waals surface area contributed by atoms with Crippen LogP contribution in [0.4, 0.5) is 5.69 Å². The summed E-state index contributed by atoms with van der Waals surface area (Å²) in [6, 6.07) is 10.8. The lowest BCUT2D eigenvalue weighted by Gasteiger charge is -2.15. The van der Waals surface area contributed by atoms with E-state index in [1.165, 1.54) is 6.08 Å². The molecule has 7 heteroatoms. The average Bonchev–Trinajstić information content (AvgIpc) is 3.24. The number of aryl methyl sites for hydroxylation is 1. The number of aromatic nitrogens is 3. The smallest absolute Gasteiger partial charge is 0.248 e. The molecule has 2 heterocycles. The Morgan fingerprint density at radius 3 is 2.62 bits per heavy atom. The summed E-state index contributed by atoms with van der Waals surface area (Å²) in [7, 11) is 0. The SMILES string of the molecule is Cc1cc(C=CC(=O)Nc2cccc(C(N)=O)c2)c(C)n1-c1ccnn1C(C)C. The normalized spacial score (nSPS) is 11.3. The van der Waals surface area contributed by atoms with Gasteiger partial charge in [0.25, 0.3) is 0 Å². The minimum atomic E-state index is -0.537. The zero-order valence-electron chi connectivity index (χ0n) is 17.0. The van der Waals surface area contributed by atoms with E-state index in [1.54, 1.807) is 36.5 Å². The zero-order chi connectivity index (χ0) is 21.1. The van der Waals surface area contributed by atoms with E-state index < -0.39 is 5.91 Å². The van der Waals surface area contributed by atoms with Gasteiger partial charge in [0.1, 0.15) is 5.82 Å². The number of carbonyl (C=O) groups is 2. The Balaban J connectivity index is 1.81. The lowest BCUT2D eigenvalue weighted by atomic mass is 10.2. The van der Waals surface area contributed by atoms with Crippen molar-refractivity contribution in [3.8, 4) is 5.82 Å². The molecule has 150 valence electrons. The predicted octanol–water partition coefficient (Wildman–Crippen LogP) is 3.62. The Morgan fingerprint density at radius 2 is 1.93 bits per heavy atom. The van der Waals surface area contributed by atoms with Crippen LogP contribution < -0.4 is 11.1 Å². The summed E-state index contributed by atoms with van der Waals surface area (Å²) in [4.78, 5) is 23.6. The maximum atomic E-state index is 12.3. The van der Waals surface area contributed by atoms with Crippen LogP contribution in [0.3, 0.4) is 0 Å². The van der Waals surface area contributed by atoms with E-state index in [1.807, 2.05) is 30.7 Å². The number of anilines is 1. The van der Waals surface area contributed by atoms with Crippen molar-refractivity contribution in [1.82, 2.24) is 14.3 Å². The summed E-state index contributed by atoms with van der Waals surface area (Å²) in [6.45, 7) is 8.21. The molecule has 0 spiro atoms. The van der Waals surface area contributed by atoms with Crippen molar-refractivity contribution in [2.24, 2.45) is 5.73 Å². The fourth-order valence-corrected chi connectivity index (χ4v) is 3.29. The van der Waals surface area contributed by atoms with Gasteiger partial charge in [-0.3, -0.25) is 9.59 Å². The van der Waals surface area contributed by atoms with Gasteiger partial charge in [-0.15, -0.1) is 0 Å². The van der Waals surface area contributed by atoms with Crippen LogP contribution in [-0.2, 0) is 4.79 Å². The monoisotopic (exact) mass is 391 g/mol. The highest BCUT2D eigenvalue weighted by Crippen LogP contribution is 2.23. The first-order chi connectivity index (χ1) is 13.8. The molecule has 0 saturated carbocycles. The molecule has 0 aliphatic heterocycles. The largest absolute Gasteiger partial charge is 0.366 e. The molecule has 3 N–H and O–H groups in total. The Labute approximate surface area is 169 Å². The van der Waals surface area contributed by atoms with Crippen LogP contribution >= 0.6 is 0 Å². The number of nitrogens with zero attached hydrogens (tertiary/aromatic N) is 3. The average molecular weight is 391 g/mol. The number of hydrogen-bond donors (Lipinski definition) is 2. The molecular weight excluding hydrogens is 366 g/mol. The van der Waals surface area contributed by atoms with Gasteiger partial charge in [0, 0.05) is 40.8 Å². The first-order valence-electron chi connectivity index (χ1n) is 9.39. The maximum Gasteiger partial charge on any atom is 0.248 e. The number of carbonyl (C=O) groups excluding carboxylic acids is 2. The molecule has 2 amide bonds. The molecule has 0 saturated heterocycles. The van der Waals surface area contributed by atoms with Crippen molar-refractivity contribution >= 4 is 23.6 Å². The Kier molecular flexibility index (Phi) is 5.68. The molecule has 7 nitrogen and oxygen atoms in total. The second-order valence-electron chi connectivity index (χ2n) is 7.16. The lowest BCUT2D eigenvalue weighted by molar-refractivity contribution is -0.111. The molecule has 29 heavy (non-hydrogen) atoms. The molecule has 0 aliphatic carbocycles. The van der Waals surface area contributed by atoms with Crippen molar-refractivity contribution < 1.29 is 9.59 Å². The van der Waals surface area contributed by atoms with Crippen LogP contribution in [0.25, 0.3) is 11.9 Å². The Morgan fingerprint density at radius 1 is 1.17 bits per heavy atom. The summed E-state index contributed by atoms with van der Waals surface area (Å²) >= 11 is 0. The number of amides is 2. The summed E-state index contributed by atoms with van der Waals surface area (Å²) in [5.74, 6) is 0.163. The highest BCUT2D eigenvalue weighted by Gasteiger charge is 2.14. The highest BCUT2D eigenvalue weighted by molar-refractivity contribution is 6.03. The lowest BCUT2D eigenvalue weighted by Crippen LogP contribution is -2.12. The van der Waals surface area contributed by atoms with Crippen molar-refractivity contribution in [2.75, 3.05) is 5.32 Å². The molecule has 3 rings (SSSR count). The highest BCUT2D eigenvalue weighted by atomic mass is 16.1. The predicted molar refractivity (Wildman–Crippen MR) is 114 cm³/mol. The van der Waals surface area contributed by atoms with Gasteiger partial charge in [0.05, 0.1) is 6.20 Å². The van der Waals surface area contributed by atoms with Crippen LogP contribution in [0.2, 0.25) is 0 Å². The van der Waals surface area contributed by atoms with E-state index in [9.17, 15) is 9.59 Å².